The number of anilines is 1. The number of rotatable bonds is 7. The molecule has 0 spiro atoms. The molecule has 3 aromatic rings. The van der Waals surface area contributed by atoms with E-state index in [0.29, 0.717) is 17.4 Å². The lowest BCUT2D eigenvalue weighted by molar-refractivity contribution is -0.127. The second-order valence-electron chi connectivity index (χ2n) is 8.96. The molecule has 0 bridgehead atoms. The summed E-state index contributed by atoms with van der Waals surface area (Å²) in [6.07, 6.45) is 1.63. The molecule has 180 valence electrons. The maximum absolute atomic E-state index is 13.1. The number of nitrogens with one attached hydrogen (secondary N) is 1. The van der Waals surface area contributed by atoms with Gasteiger partial charge < -0.3 is 10.1 Å². The smallest absolute Gasteiger partial charge is 0.294 e. The summed E-state index contributed by atoms with van der Waals surface area (Å²) in [7, 11) is 0. The molecule has 3 aromatic carbocycles. The highest BCUT2D eigenvalue weighted by Gasteiger charge is 2.36. The first kappa shape index (κ1) is 24.5. The van der Waals surface area contributed by atoms with E-state index in [1.807, 2.05) is 74.5 Å². The highest BCUT2D eigenvalue weighted by Crippen LogP contribution is 2.37. The second-order valence-corrected chi connectivity index (χ2v) is 9.95. The minimum absolute atomic E-state index is 0.0586. The van der Waals surface area contributed by atoms with Gasteiger partial charge in [-0.15, -0.1) is 0 Å². The molecule has 3 amide bonds. The first-order chi connectivity index (χ1) is 16.7. The third kappa shape index (κ3) is 5.57. The van der Waals surface area contributed by atoms with Crippen molar-refractivity contribution in [1.29, 1.82) is 0 Å². The molecular formula is C28H28N2O4S. The van der Waals surface area contributed by atoms with Crippen molar-refractivity contribution in [3.8, 4) is 5.75 Å². The number of hydrogen-bond acceptors (Lipinski definition) is 5. The molecule has 0 unspecified atom stereocenters. The van der Waals surface area contributed by atoms with Crippen LogP contribution in [0, 0.1) is 0 Å². The van der Waals surface area contributed by atoms with E-state index < -0.39 is 17.1 Å². The number of hydrogen-bond donors (Lipinski definition) is 1. The molecule has 1 fully saturated rings. The van der Waals surface area contributed by atoms with E-state index in [2.05, 4.69) is 19.2 Å². The lowest BCUT2D eigenvalue weighted by Crippen LogP contribution is -2.36. The number of amides is 3. The second kappa shape index (κ2) is 10.4. The van der Waals surface area contributed by atoms with Crippen molar-refractivity contribution >= 4 is 51.4 Å². The standard InChI is InChI=1S/C28H28N2O4S/c1-17(2)19-9-12-21(13-10-19)29-26(31)16-30-27(32)25(35-28(30)33)15-23-22-8-6-5-7-20(22)11-14-24(23)34-18(3)4/h5-15,17-18H,16H2,1-4H3,(H,29,31)/b25-15+. The van der Waals surface area contributed by atoms with Gasteiger partial charge in [0.05, 0.1) is 11.0 Å². The monoisotopic (exact) mass is 488 g/mol. The van der Waals surface area contributed by atoms with E-state index in [1.165, 1.54) is 0 Å². The Balaban J connectivity index is 1.55. The first-order valence-corrected chi connectivity index (χ1v) is 12.4. The summed E-state index contributed by atoms with van der Waals surface area (Å²) in [5, 5.41) is 4.20. The topological polar surface area (TPSA) is 75.7 Å². The predicted molar refractivity (Wildman–Crippen MR) is 142 cm³/mol. The number of fused-ring (bicyclic) bond motifs is 1. The van der Waals surface area contributed by atoms with E-state index in [9.17, 15) is 14.4 Å². The molecule has 1 aliphatic heterocycles. The Morgan fingerprint density at radius 1 is 1.00 bits per heavy atom. The van der Waals surface area contributed by atoms with Crippen molar-refractivity contribution in [2.24, 2.45) is 0 Å². The Labute approximate surface area is 209 Å². The molecule has 0 saturated carbocycles. The Morgan fingerprint density at radius 2 is 1.71 bits per heavy atom. The van der Waals surface area contributed by atoms with Crippen LogP contribution in [-0.4, -0.2) is 34.6 Å². The summed E-state index contributed by atoms with van der Waals surface area (Å²) in [5.74, 6) is 0.0941. The minimum Gasteiger partial charge on any atom is -0.490 e. The van der Waals surface area contributed by atoms with E-state index in [1.54, 1.807) is 6.08 Å². The number of carbonyl (C=O) groups is 3. The third-order valence-corrected chi connectivity index (χ3v) is 6.51. The van der Waals surface area contributed by atoms with Crippen molar-refractivity contribution in [2.45, 2.75) is 39.7 Å². The van der Waals surface area contributed by atoms with E-state index >= 15 is 0 Å². The lowest BCUT2D eigenvalue weighted by atomic mass is 10.0. The van der Waals surface area contributed by atoms with Gasteiger partial charge >= 0.3 is 0 Å². The molecule has 35 heavy (non-hydrogen) atoms. The number of carbonyl (C=O) groups excluding carboxylic acids is 3. The van der Waals surface area contributed by atoms with E-state index in [-0.39, 0.29) is 17.6 Å². The van der Waals surface area contributed by atoms with Gasteiger partial charge in [-0.2, -0.15) is 0 Å². The minimum atomic E-state index is -0.492. The van der Waals surface area contributed by atoms with Crippen molar-refractivity contribution in [1.82, 2.24) is 4.90 Å². The molecule has 6 nitrogen and oxygen atoms in total. The molecule has 0 atom stereocenters. The third-order valence-electron chi connectivity index (χ3n) is 5.61. The molecule has 0 aliphatic carbocycles. The van der Waals surface area contributed by atoms with Gasteiger partial charge in [0.1, 0.15) is 12.3 Å². The average Bonchev–Trinajstić information content (AvgIpc) is 3.08. The molecule has 1 N–H and O–H groups in total. The zero-order valence-corrected chi connectivity index (χ0v) is 21.0. The average molecular weight is 489 g/mol. The highest BCUT2D eigenvalue weighted by atomic mass is 32.2. The number of ether oxygens (including phenoxy) is 1. The fraction of sp³-hybridized carbons (Fsp3) is 0.250. The number of thioether (sulfide) groups is 1. The molecular weight excluding hydrogens is 460 g/mol. The van der Waals surface area contributed by atoms with Gasteiger partial charge in [-0.05, 0) is 72.1 Å². The van der Waals surface area contributed by atoms with Gasteiger partial charge in [0, 0.05) is 11.3 Å². The Kier molecular flexibility index (Phi) is 7.26. The van der Waals surface area contributed by atoms with E-state index in [4.69, 9.17) is 4.74 Å². The zero-order valence-electron chi connectivity index (χ0n) is 20.2. The Bertz CT molecular complexity index is 1310. The summed E-state index contributed by atoms with van der Waals surface area (Å²) >= 11 is 0.829. The number of imide groups is 1. The van der Waals surface area contributed by atoms with Crippen LogP contribution in [0.4, 0.5) is 10.5 Å². The van der Waals surface area contributed by atoms with Crippen molar-refractivity contribution in [3.05, 3.63) is 76.7 Å². The van der Waals surface area contributed by atoms with Gasteiger partial charge in [0.2, 0.25) is 5.91 Å². The summed E-state index contributed by atoms with van der Waals surface area (Å²) in [4.78, 5) is 39.5. The summed E-state index contributed by atoms with van der Waals surface area (Å²) in [6, 6.07) is 19.2. The van der Waals surface area contributed by atoms with Crippen LogP contribution < -0.4 is 10.1 Å². The number of nitrogens with zero attached hydrogens (tertiary/aromatic N) is 1. The molecule has 0 radical (unpaired) electrons. The van der Waals surface area contributed by atoms with Gasteiger partial charge in [-0.25, -0.2) is 0 Å². The lowest BCUT2D eigenvalue weighted by Gasteiger charge is -2.15. The quantitative estimate of drug-likeness (QED) is 0.388. The van der Waals surface area contributed by atoms with Crippen LogP contribution in [0.1, 0.15) is 44.7 Å². The normalized spacial score (nSPS) is 15.0. The van der Waals surface area contributed by atoms with Crippen LogP contribution in [0.15, 0.2) is 65.6 Å². The predicted octanol–water partition coefficient (Wildman–Crippen LogP) is 6.43. The van der Waals surface area contributed by atoms with Crippen molar-refractivity contribution in [3.63, 3.8) is 0 Å². The van der Waals surface area contributed by atoms with Gasteiger partial charge in [0.15, 0.2) is 0 Å². The number of benzene rings is 3. The fourth-order valence-corrected chi connectivity index (χ4v) is 4.66. The van der Waals surface area contributed by atoms with Crippen LogP contribution in [0.2, 0.25) is 0 Å². The molecule has 1 heterocycles. The first-order valence-electron chi connectivity index (χ1n) is 11.6. The van der Waals surface area contributed by atoms with Gasteiger partial charge in [0.25, 0.3) is 11.1 Å². The molecule has 1 aliphatic rings. The Hall–Kier alpha value is -3.58. The van der Waals surface area contributed by atoms with Crippen LogP contribution in [-0.2, 0) is 9.59 Å². The van der Waals surface area contributed by atoms with Gasteiger partial charge in [-0.3, -0.25) is 19.3 Å². The van der Waals surface area contributed by atoms with Crippen molar-refractivity contribution < 1.29 is 19.1 Å². The summed E-state index contributed by atoms with van der Waals surface area (Å²) in [6.45, 7) is 7.71. The van der Waals surface area contributed by atoms with Crippen LogP contribution >= 0.6 is 11.8 Å². The van der Waals surface area contributed by atoms with Crippen molar-refractivity contribution in [2.75, 3.05) is 11.9 Å². The summed E-state index contributed by atoms with van der Waals surface area (Å²) in [5.41, 5.74) is 2.51. The molecule has 1 saturated heterocycles. The maximum atomic E-state index is 13.1. The highest BCUT2D eigenvalue weighted by molar-refractivity contribution is 8.18. The zero-order chi connectivity index (χ0) is 25.1. The van der Waals surface area contributed by atoms with Gasteiger partial charge in [-0.1, -0.05) is 56.3 Å². The Morgan fingerprint density at radius 3 is 2.40 bits per heavy atom. The van der Waals surface area contributed by atoms with Crippen LogP contribution in [0.25, 0.3) is 16.8 Å². The van der Waals surface area contributed by atoms with Crippen LogP contribution in [0.3, 0.4) is 0 Å². The molecule has 0 aromatic heterocycles. The fourth-order valence-electron chi connectivity index (χ4n) is 3.84. The molecule has 7 heteroatoms. The summed E-state index contributed by atoms with van der Waals surface area (Å²) < 4.78 is 5.98. The van der Waals surface area contributed by atoms with E-state index in [0.717, 1.165) is 38.6 Å². The molecule has 4 rings (SSSR count). The SMILES string of the molecule is CC(C)Oc1ccc2ccccc2c1/C=C1/SC(=O)N(CC(=O)Nc2ccc(C(C)C)cc2)C1=O. The maximum Gasteiger partial charge on any atom is 0.294 e. The largest absolute Gasteiger partial charge is 0.490 e. The van der Waals surface area contributed by atoms with Crippen LogP contribution in [0.5, 0.6) is 5.75 Å².